The lowest BCUT2D eigenvalue weighted by atomic mass is 9.89. The SMILES string of the molecule is CC(C)N1CCC(c2ccc(N(C)c3ccc(Oc4nc(O)c5ccncc5n4)cc3)cc2)CC1. The number of aromatic hydroxyl groups is 1. The standard InChI is InChI=1S/C28H31N5O2/c1-19(2)33-16-13-21(14-17-33)20-4-6-22(7-5-20)32(3)23-8-10-24(11-9-23)35-28-30-26-18-29-15-12-25(26)27(34)31-28/h4-12,15,18-19,21H,13-14,16-17H2,1-3H3,(H,30,31,34). The number of likely N-dealkylation sites (tertiary alicyclic amines) is 1. The Morgan fingerprint density at radius 1 is 0.943 bits per heavy atom. The second kappa shape index (κ2) is 9.88. The second-order valence-corrected chi connectivity index (χ2v) is 9.37. The highest BCUT2D eigenvalue weighted by Gasteiger charge is 2.22. The third-order valence-electron chi connectivity index (χ3n) is 6.90. The number of anilines is 2. The summed E-state index contributed by atoms with van der Waals surface area (Å²) >= 11 is 0. The van der Waals surface area contributed by atoms with Crippen molar-refractivity contribution in [3.63, 3.8) is 0 Å². The van der Waals surface area contributed by atoms with Gasteiger partial charge in [0, 0.05) is 30.7 Å². The van der Waals surface area contributed by atoms with Crippen LogP contribution in [0, 0.1) is 0 Å². The average Bonchev–Trinajstić information content (AvgIpc) is 2.89. The molecule has 5 rings (SSSR count). The number of pyridine rings is 1. The van der Waals surface area contributed by atoms with Crippen molar-refractivity contribution in [1.82, 2.24) is 19.9 Å². The van der Waals surface area contributed by atoms with Crippen LogP contribution in [-0.2, 0) is 0 Å². The van der Waals surface area contributed by atoms with Gasteiger partial charge in [-0.1, -0.05) is 12.1 Å². The van der Waals surface area contributed by atoms with Gasteiger partial charge in [-0.25, -0.2) is 0 Å². The van der Waals surface area contributed by atoms with E-state index in [1.165, 1.54) is 31.5 Å². The monoisotopic (exact) mass is 469 g/mol. The number of nitrogens with zero attached hydrogens (tertiary/aromatic N) is 5. The van der Waals surface area contributed by atoms with Crippen molar-refractivity contribution in [1.29, 1.82) is 0 Å². The maximum Gasteiger partial charge on any atom is 0.325 e. The number of aromatic nitrogens is 3. The Morgan fingerprint density at radius 3 is 2.26 bits per heavy atom. The molecule has 2 aromatic heterocycles. The highest BCUT2D eigenvalue weighted by molar-refractivity contribution is 5.82. The molecule has 35 heavy (non-hydrogen) atoms. The van der Waals surface area contributed by atoms with Gasteiger partial charge >= 0.3 is 6.01 Å². The van der Waals surface area contributed by atoms with Crippen LogP contribution in [0.5, 0.6) is 17.6 Å². The van der Waals surface area contributed by atoms with E-state index in [0.717, 1.165) is 11.4 Å². The highest BCUT2D eigenvalue weighted by atomic mass is 16.5. The number of hydrogen-bond donors (Lipinski definition) is 1. The zero-order chi connectivity index (χ0) is 24.4. The van der Waals surface area contributed by atoms with Gasteiger partial charge in [0.15, 0.2) is 0 Å². The lowest BCUT2D eigenvalue weighted by molar-refractivity contribution is 0.172. The van der Waals surface area contributed by atoms with Crippen LogP contribution >= 0.6 is 0 Å². The van der Waals surface area contributed by atoms with E-state index in [1.807, 2.05) is 24.3 Å². The Kier molecular flexibility index (Phi) is 6.51. The Balaban J connectivity index is 1.24. The average molecular weight is 470 g/mol. The number of piperidine rings is 1. The molecule has 0 unspecified atom stereocenters. The fraction of sp³-hybridized carbons (Fsp3) is 0.321. The van der Waals surface area contributed by atoms with E-state index in [9.17, 15) is 5.11 Å². The minimum absolute atomic E-state index is 0.0823. The van der Waals surface area contributed by atoms with Gasteiger partial charge in [-0.15, -0.1) is 0 Å². The zero-order valence-corrected chi connectivity index (χ0v) is 20.4. The van der Waals surface area contributed by atoms with Crippen molar-refractivity contribution < 1.29 is 9.84 Å². The summed E-state index contributed by atoms with van der Waals surface area (Å²) in [5, 5.41) is 10.7. The van der Waals surface area contributed by atoms with Crippen LogP contribution in [0.2, 0.25) is 0 Å². The van der Waals surface area contributed by atoms with E-state index in [-0.39, 0.29) is 11.9 Å². The predicted molar refractivity (Wildman–Crippen MR) is 139 cm³/mol. The fourth-order valence-electron chi connectivity index (χ4n) is 4.70. The summed E-state index contributed by atoms with van der Waals surface area (Å²) in [7, 11) is 2.06. The number of hydrogen-bond acceptors (Lipinski definition) is 7. The molecule has 2 aromatic carbocycles. The molecule has 0 saturated carbocycles. The third kappa shape index (κ3) is 5.05. The molecule has 0 atom stereocenters. The number of fused-ring (bicyclic) bond motifs is 1. The van der Waals surface area contributed by atoms with E-state index in [0.29, 0.717) is 28.6 Å². The van der Waals surface area contributed by atoms with Crippen LogP contribution in [0.4, 0.5) is 11.4 Å². The molecular weight excluding hydrogens is 438 g/mol. The minimum Gasteiger partial charge on any atom is -0.493 e. The number of ether oxygens (including phenoxy) is 1. The first-order valence-corrected chi connectivity index (χ1v) is 12.1. The normalized spacial score (nSPS) is 15.0. The van der Waals surface area contributed by atoms with E-state index in [2.05, 4.69) is 69.9 Å². The van der Waals surface area contributed by atoms with Crippen LogP contribution in [0.3, 0.4) is 0 Å². The van der Waals surface area contributed by atoms with E-state index in [1.54, 1.807) is 18.5 Å². The van der Waals surface area contributed by atoms with Gasteiger partial charge in [-0.3, -0.25) is 4.98 Å². The van der Waals surface area contributed by atoms with Crippen LogP contribution in [-0.4, -0.2) is 51.1 Å². The van der Waals surface area contributed by atoms with E-state index < -0.39 is 0 Å². The molecule has 0 spiro atoms. The fourth-order valence-corrected chi connectivity index (χ4v) is 4.70. The van der Waals surface area contributed by atoms with Crippen LogP contribution < -0.4 is 9.64 Å². The lowest BCUT2D eigenvalue weighted by Crippen LogP contribution is -2.37. The molecule has 0 bridgehead atoms. The molecule has 180 valence electrons. The summed E-state index contributed by atoms with van der Waals surface area (Å²) in [6.07, 6.45) is 5.61. The van der Waals surface area contributed by atoms with E-state index >= 15 is 0 Å². The van der Waals surface area contributed by atoms with Crippen LogP contribution in [0.25, 0.3) is 10.9 Å². The predicted octanol–water partition coefficient (Wildman–Crippen LogP) is 5.88. The van der Waals surface area contributed by atoms with Crippen LogP contribution in [0.1, 0.15) is 38.2 Å². The summed E-state index contributed by atoms with van der Waals surface area (Å²) in [6, 6.07) is 19.1. The van der Waals surface area contributed by atoms with E-state index in [4.69, 9.17) is 4.74 Å². The van der Waals surface area contributed by atoms with Crippen molar-refractivity contribution in [2.24, 2.45) is 0 Å². The topological polar surface area (TPSA) is 74.6 Å². The summed E-state index contributed by atoms with van der Waals surface area (Å²) in [6.45, 7) is 6.92. The quantitative estimate of drug-likeness (QED) is 0.378. The third-order valence-corrected chi connectivity index (χ3v) is 6.90. The molecule has 1 aliphatic rings. The molecule has 1 N–H and O–H groups in total. The Morgan fingerprint density at radius 2 is 1.60 bits per heavy atom. The summed E-state index contributed by atoms with van der Waals surface area (Å²) in [5.41, 5.74) is 4.14. The molecule has 4 aromatic rings. The molecule has 3 heterocycles. The molecule has 1 aliphatic heterocycles. The van der Waals surface area contributed by atoms with Gasteiger partial charge in [-0.05, 0) is 93.7 Å². The molecular formula is C28H31N5O2. The summed E-state index contributed by atoms with van der Waals surface area (Å²) in [4.78, 5) is 17.1. The molecule has 7 heteroatoms. The summed E-state index contributed by atoms with van der Waals surface area (Å²) < 4.78 is 5.78. The Bertz CT molecular complexity index is 1280. The Labute approximate surface area is 206 Å². The lowest BCUT2D eigenvalue weighted by Gasteiger charge is -2.35. The minimum atomic E-state index is -0.127. The molecule has 1 fully saturated rings. The first-order valence-electron chi connectivity index (χ1n) is 12.1. The van der Waals surface area contributed by atoms with Gasteiger partial charge in [0.05, 0.1) is 17.1 Å². The van der Waals surface area contributed by atoms with Gasteiger partial charge in [0.25, 0.3) is 0 Å². The Hall–Kier alpha value is -3.71. The number of benzene rings is 2. The number of rotatable bonds is 6. The molecule has 1 saturated heterocycles. The van der Waals surface area contributed by atoms with Gasteiger partial charge < -0.3 is 19.6 Å². The maximum absolute atomic E-state index is 10.1. The van der Waals surface area contributed by atoms with Crippen LogP contribution in [0.15, 0.2) is 67.0 Å². The van der Waals surface area contributed by atoms with Gasteiger partial charge in [0.1, 0.15) is 5.75 Å². The first-order chi connectivity index (χ1) is 17.0. The van der Waals surface area contributed by atoms with Crippen molar-refractivity contribution in [3.8, 4) is 17.6 Å². The summed E-state index contributed by atoms with van der Waals surface area (Å²) in [5.74, 6) is 1.11. The van der Waals surface area contributed by atoms with Crippen molar-refractivity contribution >= 4 is 22.3 Å². The van der Waals surface area contributed by atoms with Gasteiger partial charge in [-0.2, -0.15) is 9.97 Å². The second-order valence-electron chi connectivity index (χ2n) is 9.37. The molecule has 0 amide bonds. The largest absolute Gasteiger partial charge is 0.493 e. The molecule has 7 nitrogen and oxygen atoms in total. The highest BCUT2D eigenvalue weighted by Crippen LogP contribution is 2.32. The maximum atomic E-state index is 10.1. The van der Waals surface area contributed by atoms with Crippen molar-refractivity contribution in [2.75, 3.05) is 25.0 Å². The zero-order valence-electron chi connectivity index (χ0n) is 20.4. The van der Waals surface area contributed by atoms with Crippen molar-refractivity contribution in [2.45, 2.75) is 38.6 Å². The first kappa shape index (κ1) is 23.1. The smallest absolute Gasteiger partial charge is 0.325 e. The van der Waals surface area contributed by atoms with Crippen molar-refractivity contribution in [3.05, 3.63) is 72.6 Å². The molecule has 0 aliphatic carbocycles. The van der Waals surface area contributed by atoms with Gasteiger partial charge in [0.2, 0.25) is 5.88 Å². The molecule has 0 radical (unpaired) electrons.